The Hall–Kier alpha value is -2.76. The van der Waals surface area contributed by atoms with Crippen molar-refractivity contribution in [2.45, 2.75) is 6.54 Å². The van der Waals surface area contributed by atoms with Crippen LogP contribution in [0.2, 0.25) is 0 Å². The van der Waals surface area contributed by atoms with Gasteiger partial charge in [0.1, 0.15) is 6.33 Å². The van der Waals surface area contributed by atoms with Gasteiger partial charge in [-0.05, 0) is 12.1 Å². The molecule has 0 amide bonds. The van der Waals surface area contributed by atoms with E-state index in [1.807, 2.05) is 36.4 Å². The van der Waals surface area contributed by atoms with Crippen molar-refractivity contribution in [1.29, 1.82) is 0 Å². The number of fused-ring (bicyclic) bond motifs is 1. The van der Waals surface area contributed by atoms with E-state index in [-0.39, 0.29) is 5.69 Å². The number of nitrogens with one attached hydrogen (secondary N) is 1. The van der Waals surface area contributed by atoms with E-state index >= 15 is 0 Å². The molecular weight excluding hydrogens is 254 g/mol. The molecule has 2 aromatic heterocycles. The van der Waals surface area contributed by atoms with Crippen molar-refractivity contribution in [3.63, 3.8) is 0 Å². The summed E-state index contributed by atoms with van der Waals surface area (Å²) >= 11 is 0. The third kappa shape index (κ3) is 2.35. The molecule has 0 radical (unpaired) electrons. The van der Waals surface area contributed by atoms with Gasteiger partial charge in [-0.1, -0.05) is 24.3 Å². The highest BCUT2D eigenvalue weighted by Crippen LogP contribution is 2.12. The summed E-state index contributed by atoms with van der Waals surface area (Å²) in [5, 5.41) is 3.81. The summed E-state index contributed by atoms with van der Waals surface area (Å²) in [7, 11) is 1.67. The smallest absolute Gasteiger partial charge is 0.352 e. The van der Waals surface area contributed by atoms with Crippen molar-refractivity contribution < 1.29 is 0 Å². The first-order chi connectivity index (χ1) is 9.76. The lowest BCUT2D eigenvalue weighted by molar-refractivity contribution is 0.691. The van der Waals surface area contributed by atoms with Crippen molar-refractivity contribution in [3.8, 4) is 0 Å². The first kappa shape index (κ1) is 12.3. The average Bonchev–Trinajstić information content (AvgIpc) is 2.49. The number of nitrogens with zero attached hydrogens (tertiary/aromatic N) is 4. The summed E-state index contributed by atoms with van der Waals surface area (Å²) in [4.78, 5) is 24.2. The van der Waals surface area contributed by atoms with Crippen LogP contribution in [-0.4, -0.2) is 26.6 Å². The SMILES string of the molecule is CNc1ncn(Cc2ccc3ccccc3n2)c(=O)n1. The maximum absolute atomic E-state index is 11.8. The van der Waals surface area contributed by atoms with Gasteiger partial charge in [0.05, 0.1) is 17.8 Å². The van der Waals surface area contributed by atoms with Gasteiger partial charge in [0.15, 0.2) is 0 Å². The topological polar surface area (TPSA) is 72.7 Å². The Bertz CT molecular complexity index is 812. The first-order valence-corrected chi connectivity index (χ1v) is 6.22. The zero-order valence-corrected chi connectivity index (χ0v) is 10.9. The first-order valence-electron chi connectivity index (χ1n) is 6.22. The normalized spacial score (nSPS) is 10.7. The van der Waals surface area contributed by atoms with Gasteiger partial charge < -0.3 is 5.32 Å². The van der Waals surface area contributed by atoms with Gasteiger partial charge in [-0.15, -0.1) is 0 Å². The average molecular weight is 267 g/mol. The molecule has 6 heteroatoms. The second-order valence-corrected chi connectivity index (χ2v) is 4.34. The number of para-hydroxylation sites is 1. The van der Waals surface area contributed by atoms with Gasteiger partial charge >= 0.3 is 5.69 Å². The Kier molecular flexibility index (Phi) is 3.12. The van der Waals surface area contributed by atoms with Crippen LogP contribution >= 0.6 is 0 Å². The standard InChI is InChI=1S/C14H13N5O/c1-15-13-16-9-19(14(20)18-13)8-11-7-6-10-4-2-3-5-12(10)17-11/h2-7,9H,8H2,1H3,(H,15,18,20). The third-order valence-electron chi connectivity index (χ3n) is 2.98. The number of hydrogen-bond donors (Lipinski definition) is 1. The molecule has 0 saturated heterocycles. The van der Waals surface area contributed by atoms with Crippen LogP contribution in [0.1, 0.15) is 5.69 Å². The second-order valence-electron chi connectivity index (χ2n) is 4.34. The molecule has 6 nitrogen and oxygen atoms in total. The minimum Gasteiger partial charge on any atom is -0.357 e. The van der Waals surface area contributed by atoms with Crippen molar-refractivity contribution in [3.05, 3.63) is 58.9 Å². The van der Waals surface area contributed by atoms with Crippen LogP contribution in [0, 0.1) is 0 Å². The predicted octanol–water partition coefficient (Wildman–Crippen LogP) is 1.28. The molecule has 3 aromatic rings. The lowest BCUT2D eigenvalue weighted by atomic mass is 10.2. The fraction of sp³-hybridized carbons (Fsp3) is 0.143. The molecular formula is C14H13N5O. The van der Waals surface area contributed by atoms with Crippen molar-refractivity contribution in [2.24, 2.45) is 0 Å². The molecule has 2 heterocycles. The van der Waals surface area contributed by atoms with Gasteiger partial charge in [0.2, 0.25) is 5.95 Å². The molecule has 0 aliphatic rings. The molecule has 100 valence electrons. The van der Waals surface area contributed by atoms with E-state index in [0.29, 0.717) is 12.5 Å². The number of rotatable bonds is 3. The summed E-state index contributed by atoms with van der Waals surface area (Å²) in [6.45, 7) is 0.355. The molecule has 0 unspecified atom stereocenters. The van der Waals surface area contributed by atoms with E-state index in [1.165, 1.54) is 10.9 Å². The van der Waals surface area contributed by atoms with Crippen molar-refractivity contribution in [1.82, 2.24) is 19.5 Å². The van der Waals surface area contributed by atoms with Crippen LogP contribution in [0.4, 0.5) is 5.95 Å². The van der Waals surface area contributed by atoms with E-state index in [9.17, 15) is 4.79 Å². The quantitative estimate of drug-likeness (QED) is 0.773. The fourth-order valence-corrected chi connectivity index (χ4v) is 1.96. The molecule has 0 spiro atoms. The molecule has 0 aliphatic carbocycles. The van der Waals surface area contributed by atoms with Gasteiger partial charge in [-0.3, -0.25) is 9.55 Å². The molecule has 1 aromatic carbocycles. The zero-order chi connectivity index (χ0) is 13.9. The number of hydrogen-bond acceptors (Lipinski definition) is 5. The summed E-state index contributed by atoms with van der Waals surface area (Å²) in [6.07, 6.45) is 1.47. The molecule has 0 aliphatic heterocycles. The second kappa shape index (κ2) is 5.08. The maximum atomic E-state index is 11.8. The van der Waals surface area contributed by atoms with Crippen LogP contribution in [0.25, 0.3) is 10.9 Å². The highest BCUT2D eigenvalue weighted by atomic mass is 16.1. The Labute approximate surface area is 115 Å². The Morgan fingerprint density at radius 2 is 2.00 bits per heavy atom. The maximum Gasteiger partial charge on any atom is 0.352 e. The molecule has 3 rings (SSSR count). The van der Waals surface area contributed by atoms with E-state index in [2.05, 4.69) is 20.3 Å². The molecule has 20 heavy (non-hydrogen) atoms. The van der Waals surface area contributed by atoms with E-state index in [1.54, 1.807) is 7.05 Å². The number of aromatic nitrogens is 4. The van der Waals surface area contributed by atoms with Gasteiger partial charge in [-0.25, -0.2) is 9.78 Å². The minimum absolute atomic E-state index is 0.317. The summed E-state index contributed by atoms with van der Waals surface area (Å²) in [5.74, 6) is 0.317. The number of benzene rings is 1. The van der Waals surface area contributed by atoms with Crippen LogP contribution in [0.5, 0.6) is 0 Å². The monoisotopic (exact) mass is 267 g/mol. The minimum atomic E-state index is -0.348. The molecule has 1 N–H and O–H groups in total. The fourth-order valence-electron chi connectivity index (χ4n) is 1.96. The lowest BCUT2D eigenvalue weighted by Crippen LogP contribution is -2.25. The van der Waals surface area contributed by atoms with Gasteiger partial charge in [0, 0.05) is 12.4 Å². The molecule has 0 bridgehead atoms. The predicted molar refractivity (Wildman–Crippen MR) is 76.7 cm³/mol. The lowest BCUT2D eigenvalue weighted by Gasteiger charge is -2.06. The van der Waals surface area contributed by atoms with Crippen LogP contribution in [0.15, 0.2) is 47.5 Å². The van der Waals surface area contributed by atoms with Gasteiger partial charge in [0.25, 0.3) is 0 Å². The number of anilines is 1. The highest BCUT2D eigenvalue weighted by Gasteiger charge is 2.03. The Morgan fingerprint density at radius 3 is 2.80 bits per heavy atom. The third-order valence-corrected chi connectivity index (χ3v) is 2.98. The van der Waals surface area contributed by atoms with Gasteiger partial charge in [-0.2, -0.15) is 4.98 Å². The largest absolute Gasteiger partial charge is 0.357 e. The Balaban J connectivity index is 1.94. The summed E-state index contributed by atoms with van der Waals surface area (Å²) < 4.78 is 1.43. The Morgan fingerprint density at radius 1 is 1.15 bits per heavy atom. The highest BCUT2D eigenvalue weighted by molar-refractivity contribution is 5.78. The summed E-state index contributed by atoms with van der Waals surface area (Å²) in [5.41, 5.74) is 1.36. The van der Waals surface area contributed by atoms with Crippen molar-refractivity contribution >= 4 is 16.9 Å². The van der Waals surface area contributed by atoms with Crippen LogP contribution in [-0.2, 0) is 6.54 Å². The molecule has 0 atom stereocenters. The zero-order valence-electron chi connectivity index (χ0n) is 10.9. The van der Waals surface area contributed by atoms with Crippen LogP contribution in [0.3, 0.4) is 0 Å². The van der Waals surface area contributed by atoms with E-state index in [0.717, 1.165) is 16.6 Å². The summed E-state index contributed by atoms with van der Waals surface area (Å²) in [6, 6.07) is 11.8. The van der Waals surface area contributed by atoms with E-state index < -0.39 is 0 Å². The van der Waals surface area contributed by atoms with Crippen molar-refractivity contribution in [2.75, 3.05) is 12.4 Å². The number of pyridine rings is 1. The molecule has 0 fully saturated rings. The van der Waals surface area contributed by atoms with Crippen LogP contribution < -0.4 is 11.0 Å². The van der Waals surface area contributed by atoms with E-state index in [4.69, 9.17) is 0 Å². The molecule has 0 saturated carbocycles.